The summed E-state index contributed by atoms with van der Waals surface area (Å²) in [7, 11) is 0. The lowest BCUT2D eigenvalue weighted by atomic mass is 9.62. The molecule has 0 atom stereocenters. The molecule has 0 N–H and O–H groups in total. The average Bonchev–Trinajstić information content (AvgIpc) is 2.18. The molecule has 15 heavy (non-hydrogen) atoms. The SMILES string of the molecule is CC1=CCCC(C)=C2CC(C)(C)C2=CC1. The van der Waals surface area contributed by atoms with Crippen molar-refractivity contribution in [2.45, 2.75) is 53.4 Å². The minimum absolute atomic E-state index is 0.432. The Balaban J connectivity index is 2.34. The van der Waals surface area contributed by atoms with E-state index in [1.165, 1.54) is 24.8 Å². The van der Waals surface area contributed by atoms with Gasteiger partial charge in [0.2, 0.25) is 0 Å². The van der Waals surface area contributed by atoms with Crippen LogP contribution < -0.4 is 0 Å². The molecule has 2 aliphatic carbocycles. The van der Waals surface area contributed by atoms with Crippen LogP contribution in [-0.4, -0.2) is 0 Å². The van der Waals surface area contributed by atoms with E-state index < -0.39 is 0 Å². The Kier molecular flexibility index (Phi) is 2.62. The quantitative estimate of drug-likeness (QED) is 0.495. The number of rotatable bonds is 0. The van der Waals surface area contributed by atoms with Crippen LogP contribution in [-0.2, 0) is 0 Å². The minimum atomic E-state index is 0.432. The van der Waals surface area contributed by atoms with Crippen molar-refractivity contribution in [2.24, 2.45) is 5.41 Å². The maximum absolute atomic E-state index is 2.46. The molecular formula is C15H22. The largest absolute Gasteiger partial charge is 0.0850 e. The van der Waals surface area contributed by atoms with Crippen molar-refractivity contribution in [1.29, 1.82) is 0 Å². The van der Waals surface area contributed by atoms with E-state index in [-0.39, 0.29) is 0 Å². The van der Waals surface area contributed by atoms with Crippen LogP contribution in [0.3, 0.4) is 0 Å². The average molecular weight is 202 g/mol. The molecular weight excluding hydrogens is 180 g/mol. The van der Waals surface area contributed by atoms with Gasteiger partial charge >= 0.3 is 0 Å². The lowest BCUT2D eigenvalue weighted by Gasteiger charge is -2.43. The van der Waals surface area contributed by atoms with Gasteiger partial charge in [-0.05, 0) is 56.1 Å². The van der Waals surface area contributed by atoms with Crippen molar-refractivity contribution in [1.82, 2.24) is 0 Å². The monoisotopic (exact) mass is 202 g/mol. The molecule has 0 radical (unpaired) electrons. The fourth-order valence-electron chi connectivity index (χ4n) is 2.75. The van der Waals surface area contributed by atoms with Gasteiger partial charge in [-0.15, -0.1) is 0 Å². The van der Waals surface area contributed by atoms with E-state index in [0.29, 0.717) is 5.41 Å². The Hall–Kier alpha value is -0.780. The number of hydrogen-bond donors (Lipinski definition) is 0. The summed E-state index contributed by atoms with van der Waals surface area (Å²) in [5, 5.41) is 0. The molecule has 0 nitrogen and oxygen atoms in total. The van der Waals surface area contributed by atoms with E-state index in [1.807, 2.05) is 0 Å². The van der Waals surface area contributed by atoms with Crippen molar-refractivity contribution in [3.8, 4) is 0 Å². The fourth-order valence-corrected chi connectivity index (χ4v) is 2.75. The van der Waals surface area contributed by atoms with Crippen molar-refractivity contribution >= 4 is 0 Å². The molecule has 1 fully saturated rings. The smallest absolute Gasteiger partial charge is 0.00634 e. The van der Waals surface area contributed by atoms with Gasteiger partial charge < -0.3 is 0 Å². The predicted octanol–water partition coefficient (Wildman–Crippen LogP) is 4.79. The number of hydrogen-bond acceptors (Lipinski definition) is 0. The van der Waals surface area contributed by atoms with E-state index in [0.717, 1.165) is 6.42 Å². The van der Waals surface area contributed by atoms with Gasteiger partial charge in [-0.3, -0.25) is 0 Å². The molecule has 0 heteroatoms. The zero-order valence-electron chi connectivity index (χ0n) is 10.5. The molecule has 0 aliphatic heterocycles. The van der Waals surface area contributed by atoms with Gasteiger partial charge in [-0.25, -0.2) is 0 Å². The highest BCUT2D eigenvalue weighted by Crippen LogP contribution is 2.52. The first kappa shape index (κ1) is 10.7. The van der Waals surface area contributed by atoms with E-state index in [4.69, 9.17) is 0 Å². The van der Waals surface area contributed by atoms with Crippen LogP contribution in [0, 0.1) is 5.41 Å². The van der Waals surface area contributed by atoms with E-state index >= 15 is 0 Å². The molecule has 2 rings (SSSR count). The summed E-state index contributed by atoms with van der Waals surface area (Å²) in [6.07, 6.45) is 9.76. The van der Waals surface area contributed by atoms with Crippen LogP contribution in [0.15, 0.2) is 34.4 Å². The molecule has 1 saturated carbocycles. The zero-order chi connectivity index (χ0) is 11.1. The van der Waals surface area contributed by atoms with Gasteiger partial charge in [0, 0.05) is 0 Å². The first-order valence-corrected chi connectivity index (χ1v) is 6.06. The summed E-state index contributed by atoms with van der Waals surface area (Å²) in [6.45, 7) is 9.30. The summed E-state index contributed by atoms with van der Waals surface area (Å²) >= 11 is 0. The first-order chi connectivity index (χ1) is 7.00. The lowest BCUT2D eigenvalue weighted by molar-refractivity contribution is 0.374. The highest BCUT2D eigenvalue weighted by atomic mass is 14.4. The summed E-state index contributed by atoms with van der Waals surface area (Å²) in [4.78, 5) is 0. The second-order valence-corrected chi connectivity index (χ2v) is 5.73. The molecule has 0 aromatic carbocycles. The Morgan fingerprint density at radius 2 is 1.87 bits per heavy atom. The fraction of sp³-hybridized carbons (Fsp3) is 0.600. The molecule has 0 bridgehead atoms. The maximum atomic E-state index is 2.46. The molecule has 0 unspecified atom stereocenters. The predicted molar refractivity (Wildman–Crippen MR) is 66.8 cm³/mol. The summed E-state index contributed by atoms with van der Waals surface area (Å²) < 4.78 is 0. The van der Waals surface area contributed by atoms with E-state index in [2.05, 4.69) is 39.8 Å². The zero-order valence-corrected chi connectivity index (χ0v) is 10.5. The van der Waals surface area contributed by atoms with Crippen LogP contribution in [0.2, 0.25) is 0 Å². The van der Waals surface area contributed by atoms with Gasteiger partial charge in [0.05, 0.1) is 0 Å². The van der Waals surface area contributed by atoms with Gasteiger partial charge in [0.15, 0.2) is 0 Å². The van der Waals surface area contributed by atoms with Crippen LogP contribution in [0.25, 0.3) is 0 Å². The standard InChI is InChI=1S/C15H22/c1-11-6-5-7-12(2)13-10-15(3,4)14(13)9-8-11/h6,9H,5,7-8,10H2,1-4H3. The normalized spacial score (nSPS) is 25.3. The lowest BCUT2D eigenvalue weighted by Crippen LogP contribution is -2.29. The number of allylic oxidation sites excluding steroid dienone is 6. The highest BCUT2D eigenvalue weighted by Gasteiger charge is 2.37. The molecule has 2 aliphatic rings. The molecule has 0 heterocycles. The molecule has 0 spiro atoms. The second-order valence-electron chi connectivity index (χ2n) is 5.73. The van der Waals surface area contributed by atoms with Gasteiger partial charge in [0.1, 0.15) is 0 Å². The van der Waals surface area contributed by atoms with Gasteiger partial charge in [-0.1, -0.05) is 37.1 Å². The summed E-state index contributed by atoms with van der Waals surface area (Å²) in [6, 6.07) is 0. The van der Waals surface area contributed by atoms with Crippen molar-refractivity contribution in [2.75, 3.05) is 0 Å². The first-order valence-electron chi connectivity index (χ1n) is 6.06. The third-order valence-corrected chi connectivity index (χ3v) is 3.83. The molecule has 0 saturated heterocycles. The van der Waals surface area contributed by atoms with Crippen LogP contribution in [0.5, 0.6) is 0 Å². The molecule has 82 valence electrons. The Bertz CT molecular complexity index is 361. The maximum Gasteiger partial charge on any atom is -0.00634 e. The second kappa shape index (κ2) is 3.66. The number of fused-ring (bicyclic) bond motifs is 1. The molecule has 0 aromatic heterocycles. The van der Waals surface area contributed by atoms with Crippen molar-refractivity contribution in [3.63, 3.8) is 0 Å². The Labute approximate surface area is 93.8 Å². The van der Waals surface area contributed by atoms with Gasteiger partial charge in [0.25, 0.3) is 0 Å². The van der Waals surface area contributed by atoms with Crippen LogP contribution in [0.1, 0.15) is 53.4 Å². The van der Waals surface area contributed by atoms with Gasteiger partial charge in [-0.2, -0.15) is 0 Å². The van der Waals surface area contributed by atoms with Crippen molar-refractivity contribution < 1.29 is 0 Å². The summed E-state index contributed by atoms with van der Waals surface area (Å²) in [5.74, 6) is 0. The summed E-state index contributed by atoms with van der Waals surface area (Å²) in [5.41, 5.74) is 6.85. The molecule has 0 amide bonds. The van der Waals surface area contributed by atoms with Crippen molar-refractivity contribution in [3.05, 3.63) is 34.4 Å². The van der Waals surface area contributed by atoms with Crippen LogP contribution >= 0.6 is 0 Å². The third-order valence-electron chi connectivity index (χ3n) is 3.83. The minimum Gasteiger partial charge on any atom is -0.0850 e. The van der Waals surface area contributed by atoms with E-state index in [1.54, 1.807) is 16.7 Å². The highest BCUT2D eigenvalue weighted by molar-refractivity contribution is 5.49. The third kappa shape index (κ3) is 1.95. The molecule has 0 aromatic rings. The van der Waals surface area contributed by atoms with Crippen LogP contribution in [0.4, 0.5) is 0 Å². The Morgan fingerprint density at radius 1 is 1.13 bits per heavy atom. The Morgan fingerprint density at radius 3 is 2.53 bits per heavy atom. The topological polar surface area (TPSA) is 0 Å². The van der Waals surface area contributed by atoms with E-state index in [9.17, 15) is 0 Å².